The van der Waals surface area contributed by atoms with Crippen molar-refractivity contribution in [1.29, 1.82) is 5.26 Å². The van der Waals surface area contributed by atoms with E-state index < -0.39 is 0 Å². The molecule has 140 valence electrons. The third-order valence-electron chi connectivity index (χ3n) is 5.26. The van der Waals surface area contributed by atoms with Crippen molar-refractivity contribution in [3.05, 3.63) is 17.5 Å². The van der Waals surface area contributed by atoms with E-state index in [0.29, 0.717) is 13.0 Å². The molecular formula is C20H24N6S. The summed E-state index contributed by atoms with van der Waals surface area (Å²) in [7, 11) is 4.13. The second kappa shape index (κ2) is 6.61. The van der Waals surface area contributed by atoms with Gasteiger partial charge in [-0.05, 0) is 35.8 Å². The molecule has 0 radical (unpaired) electrons. The maximum atomic E-state index is 8.80. The molecule has 3 heterocycles. The Morgan fingerprint density at radius 1 is 1.30 bits per heavy atom. The molecule has 0 fully saturated rings. The van der Waals surface area contributed by atoms with Crippen LogP contribution in [0.4, 0.5) is 11.6 Å². The van der Waals surface area contributed by atoms with E-state index in [0.717, 1.165) is 39.5 Å². The number of thiophene rings is 1. The molecule has 4 rings (SSSR count). The Labute approximate surface area is 163 Å². The molecule has 0 aromatic carbocycles. The fraction of sp³-hybridized carbons (Fsp3) is 0.500. The van der Waals surface area contributed by atoms with Gasteiger partial charge in [0, 0.05) is 26.0 Å². The minimum absolute atomic E-state index is 0.278. The molecule has 0 atom stereocenters. The number of pyridine rings is 1. The summed E-state index contributed by atoms with van der Waals surface area (Å²) >= 11 is 1.64. The summed E-state index contributed by atoms with van der Waals surface area (Å²) in [5.41, 5.74) is 4.02. The summed E-state index contributed by atoms with van der Waals surface area (Å²) in [4.78, 5) is 17.2. The number of fused-ring (bicyclic) bond motifs is 5. The lowest BCUT2D eigenvalue weighted by molar-refractivity contribution is 0.317. The molecule has 27 heavy (non-hydrogen) atoms. The third-order valence-corrected chi connectivity index (χ3v) is 6.34. The monoisotopic (exact) mass is 380 g/mol. The quantitative estimate of drug-likeness (QED) is 0.685. The minimum atomic E-state index is 0.278. The lowest BCUT2D eigenvalue weighted by Gasteiger charge is -2.33. The van der Waals surface area contributed by atoms with Gasteiger partial charge in [0.25, 0.3) is 0 Å². The first kappa shape index (κ1) is 17.9. The molecule has 0 saturated carbocycles. The molecular weight excluding hydrogens is 356 g/mol. The Hall–Kier alpha value is -2.46. The summed E-state index contributed by atoms with van der Waals surface area (Å²) in [6.45, 7) is 5.27. The van der Waals surface area contributed by atoms with E-state index in [4.69, 9.17) is 10.2 Å². The number of anilines is 2. The van der Waals surface area contributed by atoms with E-state index in [9.17, 15) is 0 Å². The maximum absolute atomic E-state index is 8.80. The summed E-state index contributed by atoms with van der Waals surface area (Å²) in [5.74, 6) is 1.87. The Kier molecular flexibility index (Phi) is 4.39. The van der Waals surface area contributed by atoms with E-state index in [-0.39, 0.29) is 5.41 Å². The van der Waals surface area contributed by atoms with Crippen LogP contribution in [-0.2, 0) is 12.8 Å². The zero-order valence-corrected chi connectivity index (χ0v) is 17.1. The molecule has 3 aromatic heterocycles. The normalized spacial score (nSPS) is 15.5. The average Bonchev–Trinajstić information content (AvgIpc) is 3.00. The van der Waals surface area contributed by atoms with Crippen LogP contribution in [0.5, 0.6) is 0 Å². The van der Waals surface area contributed by atoms with Crippen molar-refractivity contribution in [3.63, 3.8) is 0 Å². The molecule has 0 aliphatic heterocycles. The van der Waals surface area contributed by atoms with Crippen LogP contribution in [0.1, 0.15) is 37.8 Å². The highest BCUT2D eigenvalue weighted by Crippen LogP contribution is 2.45. The second-order valence-corrected chi connectivity index (χ2v) is 9.14. The van der Waals surface area contributed by atoms with Crippen LogP contribution in [0.25, 0.3) is 20.4 Å². The van der Waals surface area contributed by atoms with E-state index in [2.05, 4.69) is 54.2 Å². The Balaban J connectivity index is 1.98. The van der Waals surface area contributed by atoms with E-state index in [1.165, 1.54) is 22.9 Å². The molecule has 1 aliphatic rings. The highest BCUT2D eigenvalue weighted by Gasteiger charge is 2.31. The van der Waals surface area contributed by atoms with Crippen molar-refractivity contribution in [2.45, 2.75) is 39.5 Å². The number of rotatable bonds is 4. The van der Waals surface area contributed by atoms with E-state index in [1.807, 2.05) is 0 Å². The van der Waals surface area contributed by atoms with Crippen LogP contribution in [0.2, 0.25) is 0 Å². The number of aromatic nitrogens is 3. The largest absolute Gasteiger partial charge is 0.368 e. The highest BCUT2D eigenvalue weighted by molar-refractivity contribution is 7.26. The zero-order valence-electron chi connectivity index (χ0n) is 16.3. The number of hydrogen-bond acceptors (Lipinski definition) is 7. The number of nitrogens with zero attached hydrogens (tertiary/aromatic N) is 5. The topological polar surface area (TPSA) is 77.7 Å². The SMILES string of the molecule is CN(C)c1nc2sc3c(NCCC#N)ncnc3c2c2c1CCC(C)(C)C2. The fourth-order valence-corrected chi connectivity index (χ4v) is 5.04. The fourth-order valence-electron chi connectivity index (χ4n) is 3.92. The molecule has 6 nitrogen and oxygen atoms in total. The lowest BCUT2D eigenvalue weighted by atomic mass is 9.73. The minimum Gasteiger partial charge on any atom is -0.368 e. The molecule has 1 N–H and O–H groups in total. The van der Waals surface area contributed by atoms with Gasteiger partial charge < -0.3 is 10.2 Å². The zero-order chi connectivity index (χ0) is 19.2. The molecule has 0 amide bonds. The maximum Gasteiger partial charge on any atom is 0.147 e. The van der Waals surface area contributed by atoms with Crippen LogP contribution in [-0.4, -0.2) is 35.6 Å². The lowest BCUT2D eigenvalue weighted by Crippen LogP contribution is -2.25. The first-order chi connectivity index (χ1) is 12.9. The van der Waals surface area contributed by atoms with Crippen molar-refractivity contribution in [3.8, 4) is 6.07 Å². The van der Waals surface area contributed by atoms with E-state index >= 15 is 0 Å². The van der Waals surface area contributed by atoms with Crippen LogP contribution >= 0.6 is 11.3 Å². The van der Waals surface area contributed by atoms with Crippen molar-refractivity contribution in [2.75, 3.05) is 30.9 Å². The molecule has 0 spiro atoms. The second-order valence-electron chi connectivity index (χ2n) is 8.15. The third kappa shape index (κ3) is 3.08. The summed E-state index contributed by atoms with van der Waals surface area (Å²) < 4.78 is 1.03. The Morgan fingerprint density at radius 2 is 2.11 bits per heavy atom. The van der Waals surface area contributed by atoms with E-state index in [1.54, 1.807) is 17.7 Å². The first-order valence-electron chi connectivity index (χ1n) is 9.28. The summed E-state index contributed by atoms with van der Waals surface area (Å²) in [6.07, 6.45) is 5.32. The average molecular weight is 381 g/mol. The van der Waals surface area contributed by atoms with Gasteiger partial charge in [0.2, 0.25) is 0 Å². The molecule has 3 aromatic rings. The van der Waals surface area contributed by atoms with Gasteiger partial charge in [0.05, 0.1) is 22.7 Å². The number of nitriles is 1. The highest BCUT2D eigenvalue weighted by atomic mass is 32.1. The van der Waals surface area contributed by atoms with Crippen LogP contribution in [0, 0.1) is 16.7 Å². The molecule has 0 unspecified atom stereocenters. The van der Waals surface area contributed by atoms with Gasteiger partial charge in [-0.15, -0.1) is 11.3 Å². The van der Waals surface area contributed by atoms with Crippen molar-refractivity contribution in [2.24, 2.45) is 5.41 Å². The van der Waals surface area contributed by atoms with Crippen LogP contribution in [0.3, 0.4) is 0 Å². The molecule has 0 saturated heterocycles. The first-order valence-corrected chi connectivity index (χ1v) is 10.1. The van der Waals surface area contributed by atoms with Gasteiger partial charge in [-0.3, -0.25) is 0 Å². The van der Waals surface area contributed by atoms with Gasteiger partial charge >= 0.3 is 0 Å². The smallest absolute Gasteiger partial charge is 0.147 e. The standard InChI is InChI=1S/C20H24N6S/c1-20(2)7-6-12-13(10-20)14-15-16(27-19(14)25-18(12)26(3)4)17(24-11-23-15)22-9-5-8-21/h11H,5-7,9-10H2,1-4H3,(H,22,23,24). The number of hydrogen-bond donors (Lipinski definition) is 1. The van der Waals surface area contributed by atoms with Crippen LogP contribution < -0.4 is 10.2 Å². The van der Waals surface area contributed by atoms with Crippen molar-refractivity contribution in [1.82, 2.24) is 15.0 Å². The predicted molar refractivity (Wildman–Crippen MR) is 112 cm³/mol. The van der Waals surface area contributed by atoms with Crippen molar-refractivity contribution < 1.29 is 0 Å². The number of nitrogens with one attached hydrogen (secondary N) is 1. The Morgan fingerprint density at radius 3 is 2.85 bits per heavy atom. The Bertz CT molecular complexity index is 1060. The van der Waals surface area contributed by atoms with Crippen LogP contribution in [0.15, 0.2) is 6.33 Å². The van der Waals surface area contributed by atoms with Gasteiger partial charge in [-0.1, -0.05) is 13.8 Å². The molecule has 7 heteroatoms. The van der Waals surface area contributed by atoms with Gasteiger partial charge in [0.1, 0.15) is 22.8 Å². The summed E-state index contributed by atoms with van der Waals surface area (Å²) in [5, 5.41) is 13.3. The van der Waals surface area contributed by atoms with Gasteiger partial charge in [-0.2, -0.15) is 5.26 Å². The predicted octanol–water partition coefficient (Wildman–Crippen LogP) is 4.15. The van der Waals surface area contributed by atoms with Gasteiger partial charge in [0.15, 0.2) is 0 Å². The summed E-state index contributed by atoms with van der Waals surface area (Å²) in [6, 6.07) is 2.16. The van der Waals surface area contributed by atoms with Crippen molar-refractivity contribution >= 4 is 43.4 Å². The molecule has 0 bridgehead atoms. The van der Waals surface area contributed by atoms with Gasteiger partial charge in [-0.25, -0.2) is 15.0 Å². The molecule has 1 aliphatic carbocycles.